The number of benzene rings is 1. The maximum Gasteiger partial charge on any atom is 0.266 e. The molecule has 3 heterocycles. The van der Waals surface area contributed by atoms with Crippen LogP contribution in [0.5, 0.6) is 0 Å². The number of carbonyl (C=O) groups is 1. The van der Waals surface area contributed by atoms with Crippen molar-refractivity contribution >= 4 is 35.4 Å². The van der Waals surface area contributed by atoms with Crippen molar-refractivity contribution in [1.82, 2.24) is 15.3 Å². The summed E-state index contributed by atoms with van der Waals surface area (Å²) in [4.78, 5) is 28.7. The monoisotopic (exact) mass is 433 g/mol. The van der Waals surface area contributed by atoms with Gasteiger partial charge in [-0.25, -0.2) is 10.4 Å². The first-order valence-corrected chi connectivity index (χ1v) is 11.1. The van der Waals surface area contributed by atoms with Gasteiger partial charge in [-0.05, 0) is 31.7 Å². The average Bonchev–Trinajstić information content (AvgIpc) is 3.21. The molecule has 2 aliphatic heterocycles. The zero-order chi connectivity index (χ0) is 21.9. The summed E-state index contributed by atoms with van der Waals surface area (Å²) in [6, 6.07) is 8.33. The molecule has 32 heavy (non-hydrogen) atoms. The fraction of sp³-hybridized carbons (Fsp3) is 0.435. The van der Waals surface area contributed by atoms with Crippen LogP contribution >= 0.6 is 0 Å². The highest BCUT2D eigenvalue weighted by molar-refractivity contribution is 6.41. The van der Waals surface area contributed by atoms with Gasteiger partial charge in [0.05, 0.1) is 19.4 Å². The molecule has 1 saturated carbocycles. The van der Waals surface area contributed by atoms with Crippen LogP contribution < -0.4 is 15.6 Å². The lowest BCUT2D eigenvalue weighted by molar-refractivity contribution is -0.116. The quantitative estimate of drug-likeness (QED) is 0.535. The normalized spacial score (nSPS) is 18.3. The van der Waals surface area contributed by atoms with E-state index in [1.807, 2.05) is 31.2 Å². The molecule has 1 amide bonds. The van der Waals surface area contributed by atoms with Gasteiger partial charge in [0.25, 0.3) is 5.91 Å². The third kappa shape index (κ3) is 4.47. The van der Waals surface area contributed by atoms with E-state index in [4.69, 9.17) is 9.72 Å². The van der Waals surface area contributed by atoms with Gasteiger partial charge in [0.1, 0.15) is 11.5 Å². The van der Waals surface area contributed by atoms with Crippen molar-refractivity contribution in [2.24, 2.45) is 10.1 Å². The summed E-state index contributed by atoms with van der Waals surface area (Å²) in [5, 5.41) is 7.38. The SMILES string of the molecule is Cc1cccc(/C=N/Nc2nc3c(c(N4CCOCC4)n2)CC(C(=O)NC2CCC2)=N3)c1. The van der Waals surface area contributed by atoms with Gasteiger partial charge < -0.3 is 15.0 Å². The van der Waals surface area contributed by atoms with Crippen LogP contribution in [0.15, 0.2) is 34.4 Å². The van der Waals surface area contributed by atoms with Crippen LogP contribution in [-0.4, -0.2) is 60.1 Å². The van der Waals surface area contributed by atoms with E-state index in [0.717, 1.165) is 42.9 Å². The third-order valence-corrected chi connectivity index (χ3v) is 5.98. The molecule has 1 aromatic heterocycles. The van der Waals surface area contributed by atoms with E-state index < -0.39 is 0 Å². The van der Waals surface area contributed by atoms with Crippen molar-refractivity contribution in [3.05, 3.63) is 41.0 Å². The number of rotatable bonds is 6. The molecule has 2 N–H and O–H groups in total. The van der Waals surface area contributed by atoms with Gasteiger partial charge in [-0.15, -0.1) is 0 Å². The molecule has 0 atom stereocenters. The molecule has 3 aliphatic rings. The molecule has 9 heteroatoms. The zero-order valence-electron chi connectivity index (χ0n) is 18.2. The highest BCUT2D eigenvalue weighted by atomic mass is 16.5. The number of morpholine rings is 1. The lowest BCUT2D eigenvalue weighted by atomic mass is 9.93. The molecular weight excluding hydrogens is 406 g/mol. The zero-order valence-corrected chi connectivity index (χ0v) is 18.2. The Morgan fingerprint density at radius 2 is 2.09 bits per heavy atom. The van der Waals surface area contributed by atoms with Crippen molar-refractivity contribution in [2.75, 3.05) is 36.6 Å². The number of fused-ring (bicyclic) bond motifs is 1. The second-order valence-electron chi connectivity index (χ2n) is 8.39. The number of carbonyl (C=O) groups excluding carboxylic acids is 1. The fourth-order valence-electron chi connectivity index (χ4n) is 4.00. The minimum Gasteiger partial charge on any atom is -0.378 e. The van der Waals surface area contributed by atoms with E-state index in [-0.39, 0.29) is 11.9 Å². The largest absolute Gasteiger partial charge is 0.378 e. The minimum atomic E-state index is -0.104. The van der Waals surface area contributed by atoms with Gasteiger partial charge in [-0.1, -0.05) is 29.8 Å². The van der Waals surface area contributed by atoms with Crippen molar-refractivity contribution < 1.29 is 9.53 Å². The number of hydrazone groups is 1. The Bertz CT molecular complexity index is 1070. The maximum absolute atomic E-state index is 12.7. The highest BCUT2D eigenvalue weighted by Gasteiger charge is 2.30. The van der Waals surface area contributed by atoms with Gasteiger partial charge >= 0.3 is 0 Å². The van der Waals surface area contributed by atoms with Crippen LogP contribution in [0.4, 0.5) is 17.6 Å². The van der Waals surface area contributed by atoms with Gasteiger partial charge in [0, 0.05) is 31.1 Å². The molecule has 1 saturated heterocycles. The molecule has 0 unspecified atom stereocenters. The van der Waals surface area contributed by atoms with Crippen molar-refractivity contribution in [2.45, 2.75) is 38.6 Å². The van der Waals surface area contributed by atoms with E-state index in [1.165, 1.54) is 12.0 Å². The van der Waals surface area contributed by atoms with Gasteiger partial charge in [-0.3, -0.25) is 4.79 Å². The molecule has 1 aromatic carbocycles. The van der Waals surface area contributed by atoms with Crippen molar-refractivity contribution in [3.63, 3.8) is 0 Å². The first kappa shape index (κ1) is 20.6. The summed E-state index contributed by atoms with van der Waals surface area (Å²) in [6.45, 7) is 4.80. The summed E-state index contributed by atoms with van der Waals surface area (Å²) >= 11 is 0. The van der Waals surface area contributed by atoms with Crippen LogP contribution in [0, 0.1) is 6.92 Å². The predicted octanol–water partition coefficient (Wildman–Crippen LogP) is 2.36. The number of anilines is 2. The highest BCUT2D eigenvalue weighted by Crippen LogP contribution is 2.34. The molecule has 2 fully saturated rings. The van der Waals surface area contributed by atoms with E-state index >= 15 is 0 Å². The third-order valence-electron chi connectivity index (χ3n) is 5.98. The molecule has 0 radical (unpaired) electrons. The molecule has 0 bridgehead atoms. The molecule has 2 aromatic rings. The van der Waals surface area contributed by atoms with Crippen LogP contribution in [0.25, 0.3) is 0 Å². The van der Waals surface area contributed by atoms with Gasteiger partial charge in [0.2, 0.25) is 5.95 Å². The summed E-state index contributed by atoms with van der Waals surface area (Å²) < 4.78 is 5.50. The van der Waals surface area contributed by atoms with Crippen LogP contribution in [-0.2, 0) is 16.0 Å². The van der Waals surface area contributed by atoms with Crippen LogP contribution in [0.3, 0.4) is 0 Å². The second kappa shape index (κ2) is 9.04. The maximum atomic E-state index is 12.7. The van der Waals surface area contributed by atoms with Gasteiger partial charge in [-0.2, -0.15) is 15.1 Å². The lowest BCUT2D eigenvalue weighted by Crippen LogP contribution is -2.43. The Kier molecular flexibility index (Phi) is 5.81. The fourth-order valence-corrected chi connectivity index (χ4v) is 4.00. The smallest absolute Gasteiger partial charge is 0.266 e. The molecule has 1 aliphatic carbocycles. The number of aromatic nitrogens is 2. The van der Waals surface area contributed by atoms with E-state index in [0.29, 0.717) is 37.1 Å². The summed E-state index contributed by atoms with van der Waals surface area (Å²) in [5.74, 6) is 1.58. The topological polar surface area (TPSA) is 104 Å². The standard InChI is InChI=1S/C23H27N7O2/c1-15-4-2-5-16(12-15)14-24-29-23-27-20-18(21(28-23)30-8-10-32-11-9-30)13-19(26-20)22(31)25-17-6-3-7-17/h2,4-5,12,14,17H,3,6-11,13H2,1H3,(H,25,31)(H,27,28,29)/b24-14+. The Morgan fingerprint density at radius 3 is 2.84 bits per heavy atom. The first-order chi connectivity index (χ1) is 15.7. The number of amides is 1. The lowest BCUT2D eigenvalue weighted by Gasteiger charge is -2.29. The predicted molar refractivity (Wildman–Crippen MR) is 124 cm³/mol. The van der Waals surface area contributed by atoms with Crippen LogP contribution in [0.1, 0.15) is 36.0 Å². The molecule has 0 spiro atoms. The number of nitrogens with one attached hydrogen (secondary N) is 2. The molecular formula is C23H27N7O2. The second-order valence-corrected chi connectivity index (χ2v) is 8.39. The number of aryl methyl sites for hydroxylation is 1. The molecule has 166 valence electrons. The summed E-state index contributed by atoms with van der Waals surface area (Å²) in [7, 11) is 0. The average molecular weight is 434 g/mol. The Hall–Kier alpha value is -3.33. The van der Waals surface area contributed by atoms with E-state index in [1.54, 1.807) is 6.21 Å². The number of ether oxygens (including phenoxy) is 1. The van der Waals surface area contributed by atoms with E-state index in [2.05, 4.69) is 30.7 Å². The minimum absolute atomic E-state index is 0.104. The first-order valence-electron chi connectivity index (χ1n) is 11.1. The van der Waals surface area contributed by atoms with E-state index in [9.17, 15) is 4.79 Å². The Morgan fingerprint density at radius 1 is 1.25 bits per heavy atom. The summed E-state index contributed by atoms with van der Waals surface area (Å²) in [5.41, 5.74) is 6.47. The molecule has 9 nitrogen and oxygen atoms in total. The summed E-state index contributed by atoms with van der Waals surface area (Å²) in [6.07, 6.45) is 5.42. The molecule has 5 rings (SSSR count). The Labute approximate surface area is 187 Å². The Balaban J connectivity index is 1.39. The van der Waals surface area contributed by atoms with Crippen molar-refractivity contribution in [3.8, 4) is 0 Å². The number of hydrogen-bond acceptors (Lipinski definition) is 8. The number of hydrogen-bond donors (Lipinski definition) is 2. The van der Waals surface area contributed by atoms with Crippen molar-refractivity contribution in [1.29, 1.82) is 0 Å². The number of aliphatic imine (C=N–C) groups is 1. The number of nitrogens with zero attached hydrogens (tertiary/aromatic N) is 5. The van der Waals surface area contributed by atoms with Gasteiger partial charge in [0.15, 0.2) is 5.82 Å². The van der Waals surface area contributed by atoms with Crippen LogP contribution in [0.2, 0.25) is 0 Å².